The molecule has 0 aliphatic rings. The number of nitro groups is 1. The van der Waals surface area contributed by atoms with E-state index in [4.69, 9.17) is 16.3 Å². The molecular formula is C14H10ClIN2O4. The molecule has 0 saturated heterocycles. The molecule has 0 saturated carbocycles. The van der Waals surface area contributed by atoms with Gasteiger partial charge in [-0.3, -0.25) is 14.9 Å². The topological polar surface area (TPSA) is 81.5 Å². The van der Waals surface area contributed by atoms with Gasteiger partial charge in [0.25, 0.3) is 11.6 Å². The fraction of sp³-hybridized carbons (Fsp3) is 0.0714. The molecule has 0 aliphatic heterocycles. The number of halogens is 2. The third-order valence-electron chi connectivity index (χ3n) is 2.59. The lowest BCUT2D eigenvalue weighted by Gasteiger charge is -2.09. The van der Waals surface area contributed by atoms with Gasteiger partial charge in [0, 0.05) is 21.4 Å². The molecule has 2 rings (SSSR count). The first-order valence-electron chi connectivity index (χ1n) is 6.08. The van der Waals surface area contributed by atoms with Crippen molar-refractivity contribution in [1.29, 1.82) is 0 Å². The van der Waals surface area contributed by atoms with Crippen LogP contribution in [0.3, 0.4) is 0 Å². The number of nitrogens with zero attached hydrogens (tertiary/aromatic N) is 1. The fourth-order valence-electron chi connectivity index (χ4n) is 1.63. The van der Waals surface area contributed by atoms with Gasteiger partial charge in [-0.1, -0.05) is 17.7 Å². The molecule has 0 heterocycles. The second-order valence-corrected chi connectivity index (χ2v) is 5.87. The highest BCUT2D eigenvalue weighted by atomic mass is 127. The fourth-order valence-corrected chi connectivity index (χ4v) is 2.40. The summed E-state index contributed by atoms with van der Waals surface area (Å²) in [6.45, 7) is -0.247. The van der Waals surface area contributed by atoms with E-state index in [-0.39, 0.29) is 29.0 Å². The van der Waals surface area contributed by atoms with Crippen molar-refractivity contribution in [2.75, 3.05) is 11.9 Å². The molecule has 0 aromatic heterocycles. The van der Waals surface area contributed by atoms with Gasteiger partial charge in [-0.05, 0) is 46.9 Å². The lowest BCUT2D eigenvalue weighted by Crippen LogP contribution is -2.20. The second kappa shape index (κ2) is 7.41. The average Bonchev–Trinajstić information content (AvgIpc) is 2.45. The van der Waals surface area contributed by atoms with Crippen molar-refractivity contribution in [3.63, 3.8) is 0 Å². The summed E-state index contributed by atoms with van der Waals surface area (Å²) in [6.07, 6.45) is 0. The standard InChI is InChI=1S/C14H10ClIN2O4/c15-12-7-11(18(20)21)4-5-13(12)22-8-14(19)17-10-3-1-2-9(16)6-10/h1-7H,8H2,(H,17,19). The Bertz CT molecular complexity index is 724. The first kappa shape index (κ1) is 16.5. The van der Waals surface area contributed by atoms with Gasteiger partial charge in [-0.15, -0.1) is 0 Å². The number of benzene rings is 2. The summed E-state index contributed by atoms with van der Waals surface area (Å²) in [5, 5.41) is 13.4. The van der Waals surface area contributed by atoms with E-state index in [2.05, 4.69) is 27.9 Å². The Morgan fingerprint density at radius 3 is 2.73 bits per heavy atom. The van der Waals surface area contributed by atoms with Crippen molar-refractivity contribution in [2.45, 2.75) is 0 Å². The van der Waals surface area contributed by atoms with E-state index in [0.29, 0.717) is 5.69 Å². The van der Waals surface area contributed by atoms with Gasteiger partial charge in [0.1, 0.15) is 5.75 Å². The molecule has 0 spiro atoms. The van der Waals surface area contributed by atoms with Crippen molar-refractivity contribution in [3.8, 4) is 5.75 Å². The SMILES string of the molecule is O=C(COc1ccc([N+](=O)[O-])cc1Cl)Nc1cccc(I)c1. The van der Waals surface area contributed by atoms with Crippen molar-refractivity contribution in [3.05, 3.63) is 61.2 Å². The Labute approximate surface area is 144 Å². The molecule has 22 heavy (non-hydrogen) atoms. The number of hydrogen-bond donors (Lipinski definition) is 1. The van der Waals surface area contributed by atoms with Crippen molar-refractivity contribution in [1.82, 2.24) is 0 Å². The molecule has 8 heteroatoms. The number of nitro benzene ring substituents is 1. The highest BCUT2D eigenvalue weighted by Crippen LogP contribution is 2.28. The van der Waals surface area contributed by atoms with Crippen LogP contribution in [-0.4, -0.2) is 17.4 Å². The third kappa shape index (κ3) is 4.57. The summed E-state index contributed by atoms with van der Waals surface area (Å²) in [5.41, 5.74) is 0.524. The third-order valence-corrected chi connectivity index (χ3v) is 3.56. The zero-order valence-electron chi connectivity index (χ0n) is 11.1. The molecule has 0 radical (unpaired) electrons. The summed E-state index contributed by atoms with van der Waals surface area (Å²) in [5.74, 6) is -0.138. The Morgan fingerprint density at radius 2 is 2.09 bits per heavy atom. The number of rotatable bonds is 5. The maximum absolute atomic E-state index is 11.8. The molecule has 114 valence electrons. The molecule has 0 bridgehead atoms. The number of hydrogen-bond acceptors (Lipinski definition) is 4. The second-order valence-electron chi connectivity index (χ2n) is 4.22. The van der Waals surface area contributed by atoms with Crippen LogP contribution in [0.2, 0.25) is 5.02 Å². The van der Waals surface area contributed by atoms with Crippen LogP contribution in [0.5, 0.6) is 5.75 Å². The average molecular weight is 433 g/mol. The van der Waals surface area contributed by atoms with E-state index < -0.39 is 4.92 Å². The lowest BCUT2D eigenvalue weighted by molar-refractivity contribution is -0.384. The van der Waals surface area contributed by atoms with Gasteiger partial charge >= 0.3 is 0 Å². The van der Waals surface area contributed by atoms with Crippen LogP contribution in [-0.2, 0) is 4.79 Å². The van der Waals surface area contributed by atoms with Crippen LogP contribution >= 0.6 is 34.2 Å². The number of carbonyl (C=O) groups excluding carboxylic acids is 1. The van der Waals surface area contributed by atoms with Crippen molar-refractivity contribution < 1.29 is 14.5 Å². The summed E-state index contributed by atoms with van der Waals surface area (Å²) in [4.78, 5) is 21.8. The molecule has 1 amide bonds. The molecule has 0 aliphatic carbocycles. The number of amides is 1. The summed E-state index contributed by atoms with van der Waals surface area (Å²) >= 11 is 8.02. The minimum Gasteiger partial charge on any atom is -0.482 e. The van der Waals surface area contributed by atoms with Crippen LogP contribution in [0, 0.1) is 13.7 Å². The summed E-state index contributed by atoms with van der Waals surface area (Å²) < 4.78 is 6.26. The molecule has 6 nitrogen and oxygen atoms in total. The Hall–Kier alpha value is -1.87. The molecule has 1 N–H and O–H groups in total. The lowest BCUT2D eigenvalue weighted by atomic mass is 10.3. The zero-order valence-corrected chi connectivity index (χ0v) is 14.0. The largest absolute Gasteiger partial charge is 0.482 e. The van der Waals surface area contributed by atoms with E-state index in [1.807, 2.05) is 18.2 Å². The Morgan fingerprint density at radius 1 is 1.32 bits per heavy atom. The molecule has 0 unspecified atom stereocenters. The van der Waals surface area contributed by atoms with Crippen LogP contribution in [0.1, 0.15) is 0 Å². The number of ether oxygens (including phenoxy) is 1. The zero-order chi connectivity index (χ0) is 16.1. The molecule has 2 aromatic carbocycles. The van der Waals surface area contributed by atoms with Crippen molar-refractivity contribution in [2.24, 2.45) is 0 Å². The maximum Gasteiger partial charge on any atom is 0.271 e. The minimum absolute atomic E-state index is 0.0799. The summed E-state index contributed by atoms with van der Waals surface area (Å²) in [7, 11) is 0. The smallest absolute Gasteiger partial charge is 0.271 e. The van der Waals surface area contributed by atoms with Crippen LogP contribution < -0.4 is 10.1 Å². The van der Waals surface area contributed by atoms with E-state index >= 15 is 0 Å². The van der Waals surface area contributed by atoms with Gasteiger partial charge < -0.3 is 10.1 Å². The highest BCUT2D eigenvalue weighted by Gasteiger charge is 2.11. The molecule has 0 atom stereocenters. The first-order chi connectivity index (χ1) is 10.5. The number of nitrogens with one attached hydrogen (secondary N) is 1. The van der Waals surface area contributed by atoms with E-state index in [1.165, 1.54) is 18.2 Å². The van der Waals surface area contributed by atoms with E-state index in [1.54, 1.807) is 6.07 Å². The van der Waals surface area contributed by atoms with Crippen LogP contribution in [0.15, 0.2) is 42.5 Å². The highest BCUT2D eigenvalue weighted by molar-refractivity contribution is 14.1. The Kier molecular flexibility index (Phi) is 5.56. The number of carbonyl (C=O) groups is 1. The van der Waals surface area contributed by atoms with Gasteiger partial charge in [-0.2, -0.15) is 0 Å². The quantitative estimate of drug-likeness (QED) is 0.442. The van der Waals surface area contributed by atoms with E-state index in [0.717, 1.165) is 3.57 Å². The van der Waals surface area contributed by atoms with Gasteiger partial charge in [0.05, 0.1) is 9.95 Å². The molecule has 0 fully saturated rings. The van der Waals surface area contributed by atoms with Gasteiger partial charge in [-0.25, -0.2) is 0 Å². The normalized spacial score (nSPS) is 10.1. The maximum atomic E-state index is 11.8. The van der Waals surface area contributed by atoms with Gasteiger partial charge in [0.15, 0.2) is 6.61 Å². The Balaban J connectivity index is 1.95. The minimum atomic E-state index is -0.556. The van der Waals surface area contributed by atoms with Gasteiger partial charge in [0.2, 0.25) is 0 Å². The summed E-state index contributed by atoms with van der Waals surface area (Å²) in [6, 6.07) is 11.1. The number of anilines is 1. The van der Waals surface area contributed by atoms with E-state index in [9.17, 15) is 14.9 Å². The monoisotopic (exact) mass is 432 g/mol. The molecule has 2 aromatic rings. The van der Waals surface area contributed by atoms with Crippen molar-refractivity contribution >= 4 is 51.5 Å². The number of non-ortho nitro benzene ring substituents is 1. The van der Waals surface area contributed by atoms with Crippen LogP contribution in [0.4, 0.5) is 11.4 Å². The van der Waals surface area contributed by atoms with Crippen LogP contribution in [0.25, 0.3) is 0 Å². The first-order valence-corrected chi connectivity index (χ1v) is 7.53. The predicted molar refractivity (Wildman–Crippen MR) is 91.4 cm³/mol. The predicted octanol–water partition coefficient (Wildman–Crippen LogP) is 3.87. The molecular weight excluding hydrogens is 423 g/mol.